The second kappa shape index (κ2) is 11.7. The number of nitrogens with two attached hydrogens (primary N) is 1. The molecule has 1 heterocycles. The lowest BCUT2D eigenvalue weighted by atomic mass is 9.81. The van der Waals surface area contributed by atoms with Gasteiger partial charge in [-0.15, -0.1) is 0 Å². The number of hydrogen-bond acceptors (Lipinski definition) is 6. The van der Waals surface area contributed by atoms with Crippen LogP contribution in [0.25, 0.3) is 0 Å². The minimum atomic E-state index is -1.37. The maximum atomic E-state index is 13.3. The van der Waals surface area contributed by atoms with Crippen molar-refractivity contribution in [2.45, 2.75) is 50.5 Å². The lowest BCUT2D eigenvalue weighted by Gasteiger charge is -2.35. The van der Waals surface area contributed by atoms with Gasteiger partial charge in [-0.25, -0.2) is 8.78 Å². The maximum Gasteiger partial charge on any atom is 0.451 e. The maximum absolute atomic E-state index is 13.3. The van der Waals surface area contributed by atoms with Crippen LogP contribution in [-0.4, -0.2) is 76.3 Å². The van der Waals surface area contributed by atoms with E-state index in [0.717, 1.165) is 44.4 Å². The van der Waals surface area contributed by atoms with Gasteiger partial charge >= 0.3 is 13.1 Å². The first-order valence-electron chi connectivity index (χ1n) is 10.5. The lowest BCUT2D eigenvalue weighted by molar-refractivity contribution is -0.144. The molecule has 2 rings (SSSR count). The molecule has 1 unspecified atom stereocenters. The Bertz CT molecular complexity index is 690. The number of hydrogen-bond donors (Lipinski definition) is 4. The van der Waals surface area contributed by atoms with Crippen LogP contribution in [0.2, 0.25) is 6.32 Å². The zero-order chi connectivity index (χ0) is 22.1. The molecule has 1 aliphatic heterocycles. The van der Waals surface area contributed by atoms with Gasteiger partial charge in [-0.3, -0.25) is 9.69 Å². The van der Waals surface area contributed by atoms with Crippen molar-refractivity contribution in [3.05, 3.63) is 35.4 Å². The molecule has 1 aromatic rings. The number of benzene rings is 1. The van der Waals surface area contributed by atoms with Gasteiger partial charge in [0.1, 0.15) is 5.54 Å². The molecule has 0 bridgehead atoms. The van der Waals surface area contributed by atoms with Crippen molar-refractivity contribution in [3.63, 3.8) is 0 Å². The highest BCUT2D eigenvalue weighted by molar-refractivity contribution is 6.40. The molecule has 1 aromatic carbocycles. The van der Waals surface area contributed by atoms with Crippen molar-refractivity contribution in [2.24, 2.45) is 5.73 Å². The van der Waals surface area contributed by atoms with Crippen molar-refractivity contribution < 1.29 is 28.7 Å². The number of piperazine rings is 1. The molecule has 5 N–H and O–H groups in total. The number of nitrogens with zero attached hydrogens (tertiary/aromatic N) is 2. The fourth-order valence-corrected chi connectivity index (χ4v) is 3.79. The molecule has 1 aliphatic rings. The van der Waals surface area contributed by atoms with Crippen LogP contribution in [0.4, 0.5) is 8.78 Å². The topological polar surface area (TPSA) is 110 Å². The predicted octanol–water partition coefficient (Wildman–Crippen LogP) is 1.29. The Kier molecular flexibility index (Phi) is 9.64. The molecule has 0 aromatic heterocycles. The minimum Gasteiger partial charge on any atom is -0.480 e. The van der Waals surface area contributed by atoms with E-state index in [9.17, 15) is 18.7 Å². The Hall–Kier alpha value is -1.59. The number of carbonyl (C=O) groups is 1. The second-order valence-electron chi connectivity index (χ2n) is 8.16. The van der Waals surface area contributed by atoms with E-state index in [0.29, 0.717) is 38.6 Å². The highest BCUT2D eigenvalue weighted by atomic mass is 19.2. The summed E-state index contributed by atoms with van der Waals surface area (Å²) in [7, 11) is -1.37. The summed E-state index contributed by atoms with van der Waals surface area (Å²) in [6, 6.07) is 3.98. The van der Waals surface area contributed by atoms with Gasteiger partial charge in [0.05, 0.1) is 0 Å². The van der Waals surface area contributed by atoms with Gasteiger partial charge in [-0.2, -0.15) is 0 Å². The van der Waals surface area contributed by atoms with Gasteiger partial charge in [0.25, 0.3) is 0 Å². The van der Waals surface area contributed by atoms with Crippen molar-refractivity contribution >= 4 is 13.1 Å². The smallest absolute Gasteiger partial charge is 0.451 e. The molecule has 30 heavy (non-hydrogen) atoms. The summed E-state index contributed by atoms with van der Waals surface area (Å²) in [5.41, 5.74) is 5.54. The third-order valence-corrected chi connectivity index (χ3v) is 5.71. The molecule has 10 heteroatoms. The summed E-state index contributed by atoms with van der Waals surface area (Å²) in [6.07, 6.45) is 2.59. The predicted molar refractivity (Wildman–Crippen MR) is 111 cm³/mol. The van der Waals surface area contributed by atoms with Crippen LogP contribution in [0.15, 0.2) is 18.2 Å². The van der Waals surface area contributed by atoms with Gasteiger partial charge in [0.2, 0.25) is 0 Å². The van der Waals surface area contributed by atoms with E-state index in [2.05, 4.69) is 9.80 Å². The average molecular weight is 427 g/mol. The van der Waals surface area contributed by atoms with Gasteiger partial charge in [0, 0.05) is 32.7 Å². The van der Waals surface area contributed by atoms with E-state index in [1.54, 1.807) is 6.07 Å². The first kappa shape index (κ1) is 24.7. The highest BCUT2D eigenvalue weighted by Gasteiger charge is 2.33. The zero-order valence-corrected chi connectivity index (χ0v) is 17.3. The lowest BCUT2D eigenvalue weighted by Crippen LogP contribution is -2.49. The largest absolute Gasteiger partial charge is 0.480 e. The van der Waals surface area contributed by atoms with Crippen LogP contribution < -0.4 is 5.73 Å². The van der Waals surface area contributed by atoms with E-state index >= 15 is 0 Å². The van der Waals surface area contributed by atoms with Gasteiger partial charge < -0.3 is 25.8 Å². The van der Waals surface area contributed by atoms with E-state index in [1.165, 1.54) is 6.07 Å². The molecular weight excluding hydrogens is 395 g/mol. The standard InChI is InChI=1S/C20H32BF2N3O4/c22-17-5-4-16(14-18(17)23)15-26-12-10-25(11-13-26)9-3-7-20(24,19(27)28)6-1-2-8-21(29)30/h4-5,14,29-30H,1-3,6-13,15,24H2,(H,27,28). The molecule has 0 saturated carbocycles. The number of halogens is 2. The molecule has 0 aliphatic carbocycles. The average Bonchev–Trinajstić information content (AvgIpc) is 2.69. The molecule has 1 saturated heterocycles. The summed E-state index contributed by atoms with van der Waals surface area (Å²) < 4.78 is 26.4. The highest BCUT2D eigenvalue weighted by Crippen LogP contribution is 2.20. The van der Waals surface area contributed by atoms with Crippen LogP contribution in [0.5, 0.6) is 0 Å². The Morgan fingerprint density at radius 1 is 1.03 bits per heavy atom. The minimum absolute atomic E-state index is 0.213. The van der Waals surface area contributed by atoms with Gasteiger partial charge in [-0.1, -0.05) is 18.9 Å². The fourth-order valence-electron chi connectivity index (χ4n) is 3.79. The van der Waals surface area contributed by atoms with Crippen LogP contribution in [0.3, 0.4) is 0 Å². The molecule has 1 atom stereocenters. The number of aliphatic carboxylic acids is 1. The van der Waals surface area contributed by atoms with Crippen LogP contribution in [-0.2, 0) is 11.3 Å². The zero-order valence-electron chi connectivity index (χ0n) is 17.3. The molecule has 0 radical (unpaired) electrons. The molecule has 0 amide bonds. The van der Waals surface area contributed by atoms with Gasteiger partial charge in [0.15, 0.2) is 11.6 Å². The first-order chi connectivity index (χ1) is 14.2. The van der Waals surface area contributed by atoms with E-state index < -0.39 is 30.3 Å². The SMILES string of the molecule is NC(CCCCB(O)O)(CCCN1CCN(Cc2ccc(F)c(F)c2)CC1)C(=O)O. The molecule has 168 valence electrons. The quantitative estimate of drug-likeness (QED) is 0.294. The Morgan fingerprint density at radius 2 is 1.67 bits per heavy atom. The Labute approximate surface area is 176 Å². The number of carboxylic acid groups (broad SMARTS) is 1. The number of unbranched alkanes of at least 4 members (excludes halogenated alkanes) is 1. The van der Waals surface area contributed by atoms with Crippen molar-refractivity contribution in [1.29, 1.82) is 0 Å². The molecule has 1 fully saturated rings. The second-order valence-corrected chi connectivity index (χ2v) is 8.16. The van der Waals surface area contributed by atoms with Crippen LogP contribution >= 0.6 is 0 Å². The van der Waals surface area contributed by atoms with E-state index in [1.807, 2.05) is 0 Å². The first-order valence-corrected chi connectivity index (χ1v) is 10.5. The van der Waals surface area contributed by atoms with Crippen molar-refractivity contribution in [2.75, 3.05) is 32.7 Å². The fraction of sp³-hybridized carbons (Fsp3) is 0.650. The van der Waals surface area contributed by atoms with Crippen LogP contribution in [0, 0.1) is 11.6 Å². The summed E-state index contributed by atoms with van der Waals surface area (Å²) in [4.78, 5) is 16.0. The van der Waals surface area contributed by atoms with Crippen molar-refractivity contribution in [3.8, 4) is 0 Å². The molecular formula is C20H32BF2N3O4. The van der Waals surface area contributed by atoms with E-state index in [-0.39, 0.29) is 6.32 Å². The van der Waals surface area contributed by atoms with E-state index in [4.69, 9.17) is 15.8 Å². The number of rotatable bonds is 12. The third-order valence-electron chi connectivity index (χ3n) is 5.71. The summed E-state index contributed by atoms with van der Waals surface area (Å²) in [6.45, 7) is 4.56. The van der Waals surface area contributed by atoms with Crippen molar-refractivity contribution in [1.82, 2.24) is 9.80 Å². The third kappa shape index (κ3) is 7.92. The normalized spacial score (nSPS) is 17.6. The number of carboxylic acids is 1. The molecule has 7 nitrogen and oxygen atoms in total. The van der Waals surface area contributed by atoms with Crippen LogP contribution in [0.1, 0.15) is 37.7 Å². The monoisotopic (exact) mass is 427 g/mol. The Balaban J connectivity index is 1.69. The summed E-state index contributed by atoms with van der Waals surface area (Å²) in [5.74, 6) is -2.70. The summed E-state index contributed by atoms with van der Waals surface area (Å²) >= 11 is 0. The molecule has 0 spiro atoms. The van der Waals surface area contributed by atoms with Gasteiger partial charge in [-0.05, 0) is 49.8 Å². The Morgan fingerprint density at radius 3 is 2.27 bits per heavy atom. The summed E-state index contributed by atoms with van der Waals surface area (Å²) in [5, 5.41) is 27.2.